The SMILES string of the molecule is CC1COCCN1C(=O)Cn1cc(Nc2ncc(F)c(NCc3c(F)cc(F)cc3F)n2)cn1. The number of aromatic nitrogens is 4. The Labute approximate surface area is 191 Å². The number of carbonyl (C=O) groups is 1. The van der Waals surface area contributed by atoms with Crippen molar-refractivity contribution in [3.63, 3.8) is 0 Å². The van der Waals surface area contributed by atoms with E-state index < -0.39 is 35.4 Å². The predicted molar refractivity (Wildman–Crippen MR) is 113 cm³/mol. The molecule has 0 spiro atoms. The van der Waals surface area contributed by atoms with Gasteiger partial charge in [-0.1, -0.05) is 0 Å². The monoisotopic (exact) mass is 479 g/mol. The van der Waals surface area contributed by atoms with E-state index in [-0.39, 0.29) is 30.3 Å². The van der Waals surface area contributed by atoms with Gasteiger partial charge in [0.25, 0.3) is 0 Å². The first-order chi connectivity index (χ1) is 16.3. The third-order valence-electron chi connectivity index (χ3n) is 5.16. The smallest absolute Gasteiger partial charge is 0.244 e. The zero-order valence-electron chi connectivity index (χ0n) is 18.1. The maximum atomic E-state index is 14.1. The van der Waals surface area contributed by atoms with Crippen molar-refractivity contribution in [2.24, 2.45) is 0 Å². The van der Waals surface area contributed by atoms with Gasteiger partial charge in [-0.3, -0.25) is 9.48 Å². The van der Waals surface area contributed by atoms with Gasteiger partial charge in [-0.05, 0) is 6.92 Å². The van der Waals surface area contributed by atoms with E-state index in [0.29, 0.717) is 37.6 Å². The Morgan fingerprint density at radius 3 is 2.68 bits per heavy atom. The van der Waals surface area contributed by atoms with Crippen LogP contribution in [0, 0.1) is 23.3 Å². The first-order valence-corrected chi connectivity index (χ1v) is 10.4. The van der Waals surface area contributed by atoms with Crippen LogP contribution in [0.3, 0.4) is 0 Å². The summed E-state index contributed by atoms with van der Waals surface area (Å²) in [6.07, 6.45) is 3.88. The summed E-state index contributed by atoms with van der Waals surface area (Å²) in [5.41, 5.74) is -0.0227. The van der Waals surface area contributed by atoms with Crippen LogP contribution in [0.15, 0.2) is 30.7 Å². The summed E-state index contributed by atoms with van der Waals surface area (Å²) >= 11 is 0. The lowest BCUT2D eigenvalue weighted by molar-refractivity contribution is -0.139. The second kappa shape index (κ2) is 10.0. The molecule has 1 saturated heterocycles. The van der Waals surface area contributed by atoms with E-state index in [1.165, 1.54) is 10.9 Å². The zero-order chi connectivity index (χ0) is 24.2. The third kappa shape index (κ3) is 5.42. The minimum atomic E-state index is -1.11. The summed E-state index contributed by atoms with van der Waals surface area (Å²) in [7, 11) is 0. The fourth-order valence-corrected chi connectivity index (χ4v) is 3.44. The quantitative estimate of drug-likeness (QED) is 0.503. The van der Waals surface area contributed by atoms with Crippen molar-refractivity contribution < 1.29 is 27.1 Å². The van der Waals surface area contributed by atoms with Crippen molar-refractivity contribution in [2.75, 3.05) is 30.4 Å². The van der Waals surface area contributed by atoms with Crippen molar-refractivity contribution >= 4 is 23.4 Å². The van der Waals surface area contributed by atoms with Crippen LogP contribution >= 0.6 is 0 Å². The lowest BCUT2D eigenvalue weighted by Gasteiger charge is -2.33. The fourth-order valence-electron chi connectivity index (χ4n) is 3.44. The number of nitrogens with zero attached hydrogens (tertiary/aromatic N) is 5. The van der Waals surface area contributed by atoms with Gasteiger partial charge in [-0.2, -0.15) is 10.1 Å². The summed E-state index contributed by atoms with van der Waals surface area (Å²) in [5, 5.41) is 9.44. The lowest BCUT2D eigenvalue weighted by atomic mass is 10.2. The topological polar surface area (TPSA) is 97.2 Å². The molecule has 1 fully saturated rings. The summed E-state index contributed by atoms with van der Waals surface area (Å²) in [4.78, 5) is 22.0. The molecule has 0 aliphatic carbocycles. The first-order valence-electron chi connectivity index (χ1n) is 10.4. The summed E-state index contributed by atoms with van der Waals surface area (Å²) < 4.78 is 61.6. The van der Waals surface area contributed by atoms with E-state index in [1.54, 1.807) is 11.1 Å². The minimum Gasteiger partial charge on any atom is -0.377 e. The van der Waals surface area contributed by atoms with Gasteiger partial charge < -0.3 is 20.3 Å². The first kappa shape index (κ1) is 23.4. The Morgan fingerprint density at radius 1 is 1.18 bits per heavy atom. The van der Waals surface area contributed by atoms with E-state index in [1.807, 2.05) is 6.92 Å². The molecule has 3 aromatic rings. The van der Waals surface area contributed by atoms with Crippen LogP contribution in [-0.2, 0) is 22.6 Å². The Hall–Kier alpha value is -3.74. The highest BCUT2D eigenvalue weighted by Crippen LogP contribution is 2.20. The molecule has 1 amide bonds. The highest BCUT2D eigenvalue weighted by atomic mass is 19.1. The van der Waals surface area contributed by atoms with E-state index >= 15 is 0 Å². The van der Waals surface area contributed by atoms with Gasteiger partial charge in [-0.25, -0.2) is 22.5 Å². The van der Waals surface area contributed by atoms with Crippen LogP contribution in [0.4, 0.5) is 35.0 Å². The maximum absolute atomic E-state index is 14.1. The molecule has 1 unspecified atom stereocenters. The molecule has 1 aliphatic rings. The Kier molecular flexibility index (Phi) is 6.91. The molecule has 180 valence electrons. The molecule has 0 radical (unpaired) electrons. The second-order valence-electron chi connectivity index (χ2n) is 7.65. The minimum absolute atomic E-state index is 0.0170. The van der Waals surface area contributed by atoms with E-state index in [0.717, 1.165) is 6.20 Å². The van der Waals surface area contributed by atoms with Crippen molar-refractivity contribution in [2.45, 2.75) is 26.1 Å². The number of morpholine rings is 1. The maximum Gasteiger partial charge on any atom is 0.244 e. The van der Waals surface area contributed by atoms with Crippen LogP contribution in [0.1, 0.15) is 12.5 Å². The summed E-state index contributed by atoms with van der Waals surface area (Å²) in [6.45, 7) is 2.95. The summed E-state index contributed by atoms with van der Waals surface area (Å²) in [5.74, 6) is -4.55. The molecular formula is C21H21F4N7O2. The average Bonchev–Trinajstić information content (AvgIpc) is 3.21. The van der Waals surface area contributed by atoms with Gasteiger partial charge in [0.2, 0.25) is 11.9 Å². The zero-order valence-corrected chi connectivity index (χ0v) is 18.1. The van der Waals surface area contributed by atoms with Gasteiger partial charge in [-0.15, -0.1) is 0 Å². The molecule has 3 heterocycles. The van der Waals surface area contributed by atoms with Crippen LogP contribution in [0.2, 0.25) is 0 Å². The van der Waals surface area contributed by atoms with Crippen molar-refractivity contribution in [3.05, 3.63) is 59.6 Å². The molecule has 2 aromatic heterocycles. The highest BCUT2D eigenvalue weighted by molar-refractivity contribution is 5.76. The largest absolute Gasteiger partial charge is 0.377 e. The van der Waals surface area contributed by atoms with Gasteiger partial charge >= 0.3 is 0 Å². The molecule has 4 rings (SSSR count). The molecular weight excluding hydrogens is 458 g/mol. The third-order valence-corrected chi connectivity index (χ3v) is 5.16. The average molecular weight is 479 g/mol. The van der Waals surface area contributed by atoms with Crippen LogP contribution in [0.25, 0.3) is 0 Å². The van der Waals surface area contributed by atoms with Gasteiger partial charge in [0.1, 0.15) is 24.0 Å². The fraction of sp³-hybridized carbons (Fsp3) is 0.333. The number of amides is 1. The van der Waals surface area contributed by atoms with Gasteiger partial charge in [0.15, 0.2) is 11.6 Å². The molecule has 34 heavy (non-hydrogen) atoms. The number of hydrogen-bond donors (Lipinski definition) is 2. The number of benzene rings is 1. The van der Waals surface area contributed by atoms with Crippen molar-refractivity contribution in [1.82, 2.24) is 24.6 Å². The number of halogens is 4. The van der Waals surface area contributed by atoms with Gasteiger partial charge in [0, 0.05) is 37.0 Å². The highest BCUT2D eigenvalue weighted by Gasteiger charge is 2.24. The molecule has 0 bridgehead atoms. The van der Waals surface area contributed by atoms with Crippen molar-refractivity contribution in [3.8, 4) is 0 Å². The Balaban J connectivity index is 1.40. The molecule has 1 aromatic carbocycles. The number of nitrogens with one attached hydrogen (secondary N) is 2. The van der Waals surface area contributed by atoms with Crippen molar-refractivity contribution in [1.29, 1.82) is 0 Å². The van der Waals surface area contributed by atoms with E-state index in [9.17, 15) is 22.4 Å². The molecule has 1 aliphatic heterocycles. The summed E-state index contributed by atoms with van der Waals surface area (Å²) in [6, 6.07) is 1.04. The molecule has 1 atom stereocenters. The number of ether oxygens (including phenoxy) is 1. The van der Waals surface area contributed by atoms with E-state index in [2.05, 4.69) is 25.7 Å². The Morgan fingerprint density at radius 2 is 1.94 bits per heavy atom. The predicted octanol–water partition coefficient (Wildman–Crippen LogP) is 2.83. The van der Waals surface area contributed by atoms with Crippen LogP contribution in [-0.4, -0.2) is 56.4 Å². The molecule has 2 N–H and O–H groups in total. The molecule has 0 saturated carbocycles. The van der Waals surface area contributed by atoms with Crippen LogP contribution < -0.4 is 10.6 Å². The number of anilines is 3. The lowest BCUT2D eigenvalue weighted by Crippen LogP contribution is -2.48. The normalized spacial score (nSPS) is 15.9. The number of hydrogen-bond acceptors (Lipinski definition) is 7. The standard InChI is InChI=1S/C21H21F4N7O2/c1-12-11-34-3-2-32(12)19(33)10-31-9-14(6-28-31)29-21-27-8-18(25)20(30-21)26-7-15-16(23)4-13(22)5-17(15)24/h4-6,8-9,12H,2-3,7,10-11H2,1H3,(H2,26,27,29,30). The Bertz CT molecular complexity index is 1170. The van der Waals surface area contributed by atoms with Crippen LogP contribution in [0.5, 0.6) is 0 Å². The number of rotatable bonds is 7. The molecule has 9 nitrogen and oxygen atoms in total. The number of carbonyl (C=O) groups excluding carboxylic acids is 1. The second-order valence-corrected chi connectivity index (χ2v) is 7.65. The van der Waals surface area contributed by atoms with E-state index in [4.69, 9.17) is 4.74 Å². The molecule has 13 heteroatoms. The van der Waals surface area contributed by atoms with Gasteiger partial charge in [0.05, 0.1) is 37.3 Å².